The van der Waals surface area contributed by atoms with Gasteiger partial charge in [0.2, 0.25) is 5.92 Å². The Hall–Kier alpha value is -1.20. The largest absolute Gasteiger partial charge is 0.416 e. The summed E-state index contributed by atoms with van der Waals surface area (Å²) in [7, 11) is 0. The van der Waals surface area contributed by atoms with Crippen LogP contribution in [0.4, 0.5) is 22.0 Å². The van der Waals surface area contributed by atoms with E-state index in [9.17, 15) is 22.0 Å². The number of nitrogens with zero attached hydrogens (tertiary/aromatic N) is 1. The lowest BCUT2D eigenvalue weighted by Gasteiger charge is -2.36. The van der Waals surface area contributed by atoms with Crippen LogP contribution in [0.3, 0.4) is 0 Å². The molecule has 0 unspecified atom stereocenters. The first-order valence-corrected chi connectivity index (χ1v) is 4.68. The molecule has 1 saturated carbocycles. The molecule has 0 atom stereocenters. The molecule has 1 aliphatic rings. The molecule has 0 aromatic carbocycles. The Bertz CT molecular complexity index is 390. The minimum Gasteiger partial charge on any atom is -0.264 e. The number of hydrogen-bond acceptors (Lipinski definition) is 1. The molecule has 6 heteroatoms. The second-order valence-corrected chi connectivity index (χ2v) is 3.92. The van der Waals surface area contributed by atoms with Gasteiger partial charge in [-0.25, -0.2) is 8.78 Å². The molecule has 2 rings (SSSR count). The van der Waals surface area contributed by atoms with E-state index in [1.54, 1.807) is 0 Å². The van der Waals surface area contributed by atoms with Gasteiger partial charge in [-0.15, -0.1) is 0 Å². The first-order chi connectivity index (χ1) is 7.30. The molecule has 1 aliphatic carbocycles. The summed E-state index contributed by atoms with van der Waals surface area (Å²) >= 11 is 0. The Labute approximate surface area is 88.3 Å². The molecule has 1 fully saturated rings. The third kappa shape index (κ3) is 2.01. The van der Waals surface area contributed by atoms with E-state index in [0.717, 1.165) is 18.5 Å². The Morgan fingerprint density at radius 3 is 2.38 bits per heavy atom. The highest BCUT2D eigenvalue weighted by atomic mass is 19.4. The van der Waals surface area contributed by atoms with E-state index in [4.69, 9.17) is 0 Å². The lowest BCUT2D eigenvalue weighted by molar-refractivity contribution is -0.140. The Morgan fingerprint density at radius 2 is 1.88 bits per heavy atom. The van der Waals surface area contributed by atoms with Crippen molar-refractivity contribution in [1.29, 1.82) is 0 Å². The summed E-state index contributed by atoms with van der Waals surface area (Å²) < 4.78 is 62.8. The van der Waals surface area contributed by atoms with E-state index < -0.39 is 36.4 Å². The van der Waals surface area contributed by atoms with Crippen LogP contribution >= 0.6 is 0 Å². The Kier molecular flexibility index (Phi) is 2.40. The SMILES string of the molecule is FC1(F)CC(c2cnccc2C(F)(F)F)C1. The second kappa shape index (κ2) is 3.40. The molecule has 88 valence electrons. The van der Waals surface area contributed by atoms with Gasteiger partial charge in [0.15, 0.2) is 0 Å². The third-order valence-electron chi connectivity index (χ3n) is 2.69. The van der Waals surface area contributed by atoms with E-state index >= 15 is 0 Å². The van der Waals surface area contributed by atoms with Crippen molar-refractivity contribution in [3.63, 3.8) is 0 Å². The van der Waals surface area contributed by atoms with Crippen molar-refractivity contribution < 1.29 is 22.0 Å². The number of rotatable bonds is 1. The van der Waals surface area contributed by atoms with Gasteiger partial charge in [0.25, 0.3) is 0 Å². The van der Waals surface area contributed by atoms with Gasteiger partial charge in [-0.3, -0.25) is 4.98 Å². The second-order valence-electron chi connectivity index (χ2n) is 3.92. The van der Waals surface area contributed by atoms with Crippen LogP contribution in [0.2, 0.25) is 0 Å². The first kappa shape index (κ1) is 11.3. The van der Waals surface area contributed by atoms with Crippen molar-refractivity contribution in [1.82, 2.24) is 4.98 Å². The third-order valence-corrected chi connectivity index (χ3v) is 2.69. The van der Waals surface area contributed by atoms with E-state index in [1.165, 1.54) is 0 Å². The molecule has 0 spiro atoms. The molecule has 0 radical (unpaired) electrons. The standard InChI is InChI=1S/C10H8F5N/c11-9(12)3-6(4-9)7-5-16-2-1-8(7)10(13,14)15/h1-2,5-6H,3-4H2. The Morgan fingerprint density at radius 1 is 1.25 bits per heavy atom. The van der Waals surface area contributed by atoms with Crippen LogP contribution < -0.4 is 0 Å². The molecule has 1 nitrogen and oxygen atoms in total. The molecule has 0 aliphatic heterocycles. The van der Waals surface area contributed by atoms with Crippen LogP contribution in [0.5, 0.6) is 0 Å². The maximum atomic E-state index is 12.6. The lowest BCUT2D eigenvalue weighted by atomic mass is 9.76. The number of aromatic nitrogens is 1. The molecule has 16 heavy (non-hydrogen) atoms. The van der Waals surface area contributed by atoms with Gasteiger partial charge >= 0.3 is 6.18 Å². The summed E-state index contributed by atoms with van der Waals surface area (Å²) in [6.07, 6.45) is -3.52. The predicted molar refractivity (Wildman–Crippen MR) is 46.2 cm³/mol. The average molecular weight is 237 g/mol. The summed E-state index contributed by atoms with van der Waals surface area (Å²) in [6.45, 7) is 0. The number of halogens is 5. The maximum absolute atomic E-state index is 12.6. The molecule has 0 amide bonds. The van der Waals surface area contributed by atoms with Crippen molar-refractivity contribution in [2.45, 2.75) is 30.9 Å². The number of hydrogen-bond donors (Lipinski definition) is 0. The van der Waals surface area contributed by atoms with E-state index in [2.05, 4.69) is 4.98 Å². The minimum atomic E-state index is -4.51. The summed E-state index contributed by atoms with van der Waals surface area (Å²) in [5.74, 6) is -3.57. The van der Waals surface area contributed by atoms with Crippen LogP contribution in [-0.2, 0) is 6.18 Å². The molecular weight excluding hydrogens is 229 g/mol. The van der Waals surface area contributed by atoms with Gasteiger partial charge in [0, 0.05) is 25.2 Å². The fourth-order valence-corrected chi connectivity index (χ4v) is 1.87. The molecular formula is C10H8F5N. The first-order valence-electron chi connectivity index (χ1n) is 4.68. The molecule has 1 heterocycles. The smallest absolute Gasteiger partial charge is 0.264 e. The average Bonchev–Trinajstić information content (AvgIpc) is 2.12. The summed E-state index contributed by atoms with van der Waals surface area (Å²) in [4.78, 5) is 3.56. The monoisotopic (exact) mass is 237 g/mol. The van der Waals surface area contributed by atoms with Crippen molar-refractivity contribution in [3.8, 4) is 0 Å². The van der Waals surface area contributed by atoms with Crippen LogP contribution in [-0.4, -0.2) is 10.9 Å². The van der Waals surface area contributed by atoms with Crippen LogP contribution in [0.1, 0.15) is 29.9 Å². The highest BCUT2D eigenvalue weighted by Crippen LogP contribution is 2.50. The van der Waals surface area contributed by atoms with E-state index in [-0.39, 0.29) is 5.56 Å². The number of pyridine rings is 1. The normalized spacial score (nSPS) is 20.6. The van der Waals surface area contributed by atoms with Crippen LogP contribution in [0, 0.1) is 0 Å². The van der Waals surface area contributed by atoms with Gasteiger partial charge in [0.05, 0.1) is 5.56 Å². The fourth-order valence-electron chi connectivity index (χ4n) is 1.87. The lowest BCUT2D eigenvalue weighted by Crippen LogP contribution is -2.34. The summed E-state index contributed by atoms with van der Waals surface area (Å²) in [6, 6.07) is 0.825. The van der Waals surface area contributed by atoms with Gasteiger partial charge < -0.3 is 0 Å². The van der Waals surface area contributed by atoms with Gasteiger partial charge in [-0.2, -0.15) is 13.2 Å². The molecule has 1 aromatic rings. The molecule has 0 saturated heterocycles. The zero-order chi connectivity index (χ0) is 12.0. The van der Waals surface area contributed by atoms with E-state index in [0.29, 0.717) is 0 Å². The highest BCUT2D eigenvalue weighted by molar-refractivity contribution is 5.32. The van der Waals surface area contributed by atoms with Crippen molar-refractivity contribution >= 4 is 0 Å². The van der Waals surface area contributed by atoms with E-state index in [1.807, 2.05) is 0 Å². The summed E-state index contributed by atoms with van der Waals surface area (Å²) in [5, 5.41) is 0. The molecule has 1 aromatic heterocycles. The van der Waals surface area contributed by atoms with Gasteiger partial charge in [0.1, 0.15) is 0 Å². The van der Waals surface area contributed by atoms with Gasteiger partial charge in [-0.1, -0.05) is 0 Å². The van der Waals surface area contributed by atoms with Crippen LogP contribution in [0.15, 0.2) is 18.5 Å². The molecule has 0 bridgehead atoms. The van der Waals surface area contributed by atoms with Crippen LogP contribution in [0.25, 0.3) is 0 Å². The number of alkyl halides is 5. The van der Waals surface area contributed by atoms with Crippen molar-refractivity contribution in [2.75, 3.05) is 0 Å². The quantitative estimate of drug-likeness (QED) is 0.680. The topological polar surface area (TPSA) is 12.9 Å². The van der Waals surface area contributed by atoms with Gasteiger partial charge in [-0.05, 0) is 17.5 Å². The zero-order valence-electron chi connectivity index (χ0n) is 8.06. The Balaban J connectivity index is 2.29. The summed E-state index contributed by atoms with van der Waals surface area (Å²) in [5.41, 5.74) is -0.982. The highest BCUT2D eigenvalue weighted by Gasteiger charge is 2.48. The fraction of sp³-hybridized carbons (Fsp3) is 0.500. The zero-order valence-corrected chi connectivity index (χ0v) is 8.06. The molecule has 0 N–H and O–H groups in total. The predicted octanol–water partition coefficient (Wildman–Crippen LogP) is 3.61. The van der Waals surface area contributed by atoms with Crippen molar-refractivity contribution in [3.05, 3.63) is 29.6 Å². The maximum Gasteiger partial charge on any atom is 0.416 e. The minimum absolute atomic E-state index is 0.124. The van der Waals surface area contributed by atoms with Crippen molar-refractivity contribution in [2.24, 2.45) is 0 Å².